The Morgan fingerprint density at radius 2 is 2.16 bits per heavy atom. The van der Waals surface area contributed by atoms with Crippen LogP contribution in [0.1, 0.15) is 32.0 Å². The average Bonchev–Trinajstić information content (AvgIpc) is 2.72. The molecule has 0 fully saturated rings. The molecule has 0 saturated heterocycles. The fourth-order valence-electron chi connectivity index (χ4n) is 1.39. The number of nitrogens with zero attached hydrogens (tertiary/aromatic N) is 2. The van der Waals surface area contributed by atoms with Crippen molar-refractivity contribution in [1.29, 1.82) is 0 Å². The molecule has 0 spiro atoms. The molecule has 5 nitrogen and oxygen atoms in total. The van der Waals surface area contributed by atoms with E-state index in [1.165, 1.54) is 0 Å². The lowest BCUT2D eigenvalue weighted by Crippen LogP contribution is -2.29. The average molecular weight is 277 g/mol. The van der Waals surface area contributed by atoms with Gasteiger partial charge < -0.3 is 9.84 Å². The third kappa shape index (κ3) is 4.72. The van der Waals surface area contributed by atoms with Gasteiger partial charge in [-0.05, 0) is 13.3 Å². The smallest absolute Gasteiger partial charge is 0.347 e. The highest BCUT2D eigenvalue weighted by molar-refractivity contribution is 5.78. The van der Waals surface area contributed by atoms with E-state index in [0.717, 1.165) is 5.57 Å². The van der Waals surface area contributed by atoms with Gasteiger partial charge in [-0.3, -0.25) is 4.79 Å². The molecule has 1 heterocycles. The van der Waals surface area contributed by atoms with Crippen molar-refractivity contribution < 1.29 is 22.5 Å². The van der Waals surface area contributed by atoms with Gasteiger partial charge in [-0.2, -0.15) is 18.2 Å². The zero-order chi connectivity index (χ0) is 14.6. The van der Waals surface area contributed by atoms with E-state index in [2.05, 4.69) is 26.6 Å². The van der Waals surface area contributed by atoms with E-state index in [4.69, 9.17) is 0 Å². The number of hydrogen-bond donors (Lipinski definition) is 1. The van der Waals surface area contributed by atoms with Gasteiger partial charge in [0.05, 0.1) is 6.54 Å². The maximum Gasteiger partial charge on any atom is 0.455 e. The lowest BCUT2D eigenvalue weighted by atomic mass is 10.0. The van der Waals surface area contributed by atoms with Crippen LogP contribution in [0.25, 0.3) is 0 Å². The summed E-state index contributed by atoms with van der Waals surface area (Å²) in [6, 6.07) is 0. The Labute approximate surface area is 107 Å². The lowest BCUT2D eigenvalue weighted by Gasteiger charge is -2.10. The van der Waals surface area contributed by atoms with Crippen molar-refractivity contribution in [2.45, 2.75) is 33.0 Å². The Morgan fingerprint density at radius 3 is 2.63 bits per heavy atom. The van der Waals surface area contributed by atoms with E-state index in [9.17, 15) is 18.0 Å². The van der Waals surface area contributed by atoms with Crippen LogP contribution in [0.5, 0.6) is 0 Å². The van der Waals surface area contributed by atoms with Crippen LogP contribution >= 0.6 is 0 Å². The summed E-state index contributed by atoms with van der Waals surface area (Å²) in [5.74, 6) is -2.27. The van der Waals surface area contributed by atoms with Crippen LogP contribution in [0.4, 0.5) is 13.2 Å². The summed E-state index contributed by atoms with van der Waals surface area (Å²) < 4.78 is 41.0. The molecule has 0 aliphatic rings. The molecule has 1 N–H and O–H groups in total. The van der Waals surface area contributed by atoms with Crippen molar-refractivity contribution in [1.82, 2.24) is 15.5 Å². The highest BCUT2D eigenvalue weighted by Crippen LogP contribution is 2.26. The summed E-state index contributed by atoms with van der Waals surface area (Å²) in [6.07, 6.45) is -4.15. The van der Waals surface area contributed by atoms with Crippen molar-refractivity contribution in [2.75, 3.05) is 0 Å². The van der Waals surface area contributed by atoms with Crippen LogP contribution in [0.15, 0.2) is 16.7 Å². The van der Waals surface area contributed by atoms with Gasteiger partial charge in [0.2, 0.25) is 11.8 Å². The van der Waals surface area contributed by atoms with E-state index >= 15 is 0 Å². The van der Waals surface area contributed by atoms with E-state index in [1.807, 2.05) is 0 Å². The molecule has 0 aromatic carbocycles. The maximum absolute atomic E-state index is 12.2. The topological polar surface area (TPSA) is 68.0 Å². The number of nitrogens with one attached hydrogen (secondary N) is 1. The molecule has 1 aromatic heterocycles. The number of alkyl halides is 3. The van der Waals surface area contributed by atoms with Gasteiger partial charge in [0.15, 0.2) is 0 Å². The lowest BCUT2D eigenvalue weighted by molar-refractivity contribution is -0.146. The SMILES string of the molecule is C=C(C)CC(C)C(=O)NCc1nc(C(F)(F)F)no1. The van der Waals surface area contributed by atoms with Crippen molar-refractivity contribution >= 4 is 5.91 Å². The predicted octanol–water partition coefficient (Wildman–Crippen LogP) is 2.31. The molecule has 1 rings (SSSR count). The first-order valence-electron chi connectivity index (χ1n) is 5.52. The molecule has 1 aromatic rings. The quantitative estimate of drug-likeness (QED) is 0.838. The molecule has 0 aliphatic heterocycles. The third-order valence-electron chi connectivity index (χ3n) is 2.24. The molecule has 0 radical (unpaired) electrons. The number of amides is 1. The third-order valence-corrected chi connectivity index (χ3v) is 2.24. The Morgan fingerprint density at radius 1 is 1.53 bits per heavy atom. The molecule has 1 amide bonds. The summed E-state index contributed by atoms with van der Waals surface area (Å²) in [5.41, 5.74) is 0.847. The van der Waals surface area contributed by atoms with Crippen LogP contribution in [0.3, 0.4) is 0 Å². The minimum Gasteiger partial charge on any atom is -0.347 e. The molecule has 19 heavy (non-hydrogen) atoms. The fourth-order valence-corrected chi connectivity index (χ4v) is 1.39. The van der Waals surface area contributed by atoms with Crippen molar-refractivity contribution in [3.63, 3.8) is 0 Å². The molecular weight excluding hydrogens is 263 g/mol. The van der Waals surface area contributed by atoms with Gasteiger partial charge in [-0.15, -0.1) is 6.58 Å². The van der Waals surface area contributed by atoms with E-state index in [0.29, 0.717) is 6.42 Å². The number of rotatable bonds is 5. The Balaban J connectivity index is 2.51. The highest BCUT2D eigenvalue weighted by Gasteiger charge is 2.37. The van der Waals surface area contributed by atoms with E-state index in [1.54, 1.807) is 13.8 Å². The van der Waals surface area contributed by atoms with E-state index in [-0.39, 0.29) is 24.3 Å². The van der Waals surface area contributed by atoms with Crippen LogP contribution in [0, 0.1) is 5.92 Å². The van der Waals surface area contributed by atoms with Crippen LogP contribution in [0.2, 0.25) is 0 Å². The van der Waals surface area contributed by atoms with Gasteiger partial charge in [0.1, 0.15) is 0 Å². The minimum atomic E-state index is -4.65. The Bertz CT molecular complexity index is 468. The second kappa shape index (κ2) is 5.85. The molecule has 0 bridgehead atoms. The number of carbonyl (C=O) groups is 1. The largest absolute Gasteiger partial charge is 0.455 e. The maximum atomic E-state index is 12.2. The van der Waals surface area contributed by atoms with Crippen LogP contribution < -0.4 is 5.32 Å². The molecule has 1 atom stereocenters. The summed E-state index contributed by atoms with van der Waals surface area (Å²) in [4.78, 5) is 14.7. The first-order valence-corrected chi connectivity index (χ1v) is 5.52. The zero-order valence-electron chi connectivity index (χ0n) is 10.5. The second-order valence-corrected chi connectivity index (χ2v) is 4.29. The number of allylic oxidation sites excluding steroid dienone is 1. The normalized spacial score (nSPS) is 13.1. The standard InChI is InChI=1S/C11H14F3N3O2/c1-6(2)4-7(3)9(18)15-5-8-16-10(17-19-8)11(12,13)14/h7H,1,4-5H2,2-3H3,(H,15,18). The Kier molecular flexibility index (Phi) is 4.68. The van der Waals surface area contributed by atoms with Gasteiger partial charge in [0, 0.05) is 5.92 Å². The first-order chi connectivity index (χ1) is 8.70. The molecular formula is C11H14F3N3O2. The van der Waals surface area contributed by atoms with Gasteiger partial charge in [0.25, 0.3) is 5.82 Å². The fraction of sp³-hybridized carbons (Fsp3) is 0.545. The van der Waals surface area contributed by atoms with Gasteiger partial charge >= 0.3 is 6.18 Å². The summed E-state index contributed by atoms with van der Waals surface area (Å²) in [7, 11) is 0. The molecule has 0 aliphatic carbocycles. The Hall–Kier alpha value is -1.86. The van der Waals surface area contributed by atoms with Crippen molar-refractivity contribution in [3.8, 4) is 0 Å². The molecule has 106 valence electrons. The van der Waals surface area contributed by atoms with Crippen molar-refractivity contribution in [2.24, 2.45) is 5.92 Å². The number of hydrogen-bond acceptors (Lipinski definition) is 4. The zero-order valence-corrected chi connectivity index (χ0v) is 10.5. The van der Waals surface area contributed by atoms with Crippen molar-refractivity contribution in [3.05, 3.63) is 23.9 Å². The van der Waals surface area contributed by atoms with Gasteiger partial charge in [-0.1, -0.05) is 17.7 Å². The number of halogens is 3. The monoisotopic (exact) mass is 277 g/mol. The van der Waals surface area contributed by atoms with Crippen LogP contribution in [-0.2, 0) is 17.5 Å². The predicted molar refractivity (Wildman–Crippen MR) is 59.7 cm³/mol. The first kappa shape index (κ1) is 15.2. The summed E-state index contributed by atoms with van der Waals surface area (Å²) in [6.45, 7) is 6.93. The molecule has 1 unspecified atom stereocenters. The molecule has 8 heteroatoms. The highest BCUT2D eigenvalue weighted by atomic mass is 19.4. The second-order valence-electron chi connectivity index (χ2n) is 4.29. The number of carbonyl (C=O) groups excluding carboxylic acids is 1. The van der Waals surface area contributed by atoms with E-state index < -0.39 is 12.0 Å². The van der Waals surface area contributed by atoms with Gasteiger partial charge in [-0.25, -0.2) is 0 Å². The van der Waals surface area contributed by atoms with Crippen LogP contribution in [-0.4, -0.2) is 16.0 Å². The summed E-state index contributed by atoms with van der Waals surface area (Å²) >= 11 is 0. The minimum absolute atomic E-state index is 0.234. The molecule has 0 saturated carbocycles. The summed E-state index contributed by atoms with van der Waals surface area (Å²) in [5, 5.41) is 5.21. The number of aromatic nitrogens is 2.